The Balaban J connectivity index is 2.68. The first-order valence-electron chi connectivity index (χ1n) is 6.47. The average molecular weight is 301 g/mol. The van der Waals surface area contributed by atoms with Gasteiger partial charge in [0, 0.05) is 17.8 Å². The zero-order valence-electron chi connectivity index (χ0n) is 12.0. The third kappa shape index (κ3) is 4.58. The van der Waals surface area contributed by atoms with E-state index in [9.17, 15) is 4.79 Å². The molecule has 1 rings (SSSR count). The highest BCUT2D eigenvalue weighted by Crippen LogP contribution is 2.27. The molecule has 20 heavy (non-hydrogen) atoms. The number of carbonyl (C=O) groups is 1. The smallest absolute Gasteiger partial charge is 0.319 e. The topological polar surface area (TPSA) is 70.6 Å². The minimum atomic E-state index is -0.435. The minimum Gasteiger partial charge on any atom is -0.495 e. The molecule has 0 aliphatic rings. The van der Waals surface area contributed by atoms with Crippen molar-refractivity contribution >= 4 is 23.3 Å². The van der Waals surface area contributed by atoms with Crippen LogP contribution in [0.4, 0.5) is 10.5 Å². The number of aliphatic hydroxyl groups is 1. The highest BCUT2D eigenvalue weighted by molar-refractivity contribution is 6.32. The van der Waals surface area contributed by atoms with Crippen LogP contribution in [0.2, 0.25) is 5.02 Å². The van der Waals surface area contributed by atoms with Gasteiger partial charge in [-0.15, -0.1) is 0 Å². The molecule has 5 nitrogen and oxygen atoms in total. The van der Waals surface area contributed by atoms with E-state index >= 15 is 0 Å². The van der Waals surface area contributed by atoms with Gasteiger partial charge in [-0.2, -0.15) is 0 Å². The van der Waals surface area contributed by atoms with Crippen molar-refractivity contribution in [2.24, 2.45) is 0 Å². The Morgan fingerprint density at radius 3 is 2.70 bits per heavy atom. The quantitative estimate of drug-likeness (QED) is 0.756. The highest BCUT2D eigenvalue weighted by atomic mass is 35.5. The van der Waals surface area contributed by atoms with Crippen LogP contribution in [0.1, 0.15) is 26.7 Å². The number of aliphatic hydroxyl groups excluding tert-OH is 1. The molecule has 0 radical (unpaired) electrons. The summed E-state index contributed by atoms with van der Waals surface area (Å²) in [6.07, 6.45) is 1.23. The molecule has 1 aromatic rings. The summed E-state index contributed by atoms with van der Waals surface area (Å²) in [5.41, 5.74) is 0.144. The van der Waals surface area contributed by atoms with Gasteiger partial charge in [-0.05, 0) is 38.0 Å². The van der Waals surface area contributed by atoms with Crippen molar-refractivity contribution in [3.8, 4) is 5.75 Å². The maximum absolute atomic E-state index is 11.9. The van der Waals surface area contributed by atoms with Crippen molar-refractivity contribution in [1.82, 2.24) is 5.32 Å². The molecule has 6 heteroatoms. The lowest BCUT2D eigenvalue weighted by Crippen LogP contribution is -2.48. The third-order valence-corrected chi connectivity index (χ3v) is 3.56. The number of halogens is 1. The number of ether oxygens (including phenoxy) is 1. The number of rotatable bonds is 6. The Labute approximate surface area is 124 Å². The third-order valence-electron chi connectivity index (χ3n) is 3.27. The molecular weight excluding hydrogens is 280 g/mol. The van der Waals surface area contributed by atoms with Gasteiger partial charge in [0.25, 0.3) is 0 Å². The fourth-order valence-corrected chi connectivity index (χ4v) is 2.01. The van der Waals surface area contributed by atoms with E-state index in [4.69, 9.17) is 21.4 Å². The van der Waals surface area contributed by atoms with Gasteiger partial charge in [0.2, 0.25) is 0 Å². The van der Waals surface area contributed by atoms with Crippen LogP contribution in [0.5, 0.6) is 5.75 Å². The highest BCUT2D eigenvalue weighted by Gasteiger charge is 2.23. The number of carbonyl (C=O) groups excluding carboxylic acids is 1. The zero-order chi connectivity index (χ0) is 15.2. The van der Waals surface area contributed by atoms with Crippen molar-refractivity contribution in [1.29, 1.82) is 0 Å². The minimum absolute atomic E-state index is 0.0268. The molecule has 0 bridgehead atoms. The second kappa shape index (κ2) is 7.36. The van der Waals surface area contributed by atoms with Crippen LogP contribution in [0.15, 0.2) is 18.2 Å². The van der Waals surface area contributed by atoms with E-state index in [1.807, 2.05) is 13.8 Å². The summed E-state index contributed by atoms with van der Waals surface area (Å²) in [4.78, 5) is 11.9. The van der Waals surface area contributed by atoms with E-state index in [1.165, 1.54) is 7.11 Å². The Bertz CT molecular complexity index is 468. The summed E-state index contributed by atoms with van der Waals surface area (Å²) in [5.74, 6) is 0.552. The maximum Gasteiger partial charge on any atom is 0.319 e. The first-order valence-corrected chi connectivity index (χ1v) is 6.85. The number of anilines is 1. The Kier molecular flexibility index (Phi) is 6.10. The van der Waals surface area contributed by atoms with Crippen LogP contribution in [-0.2, 0) is 0 Å². The molecule has 0 aromatic heterocycles. The lowest BCUT2D eigenvalue weighted by atomic mass is 9.95. The molecule has 1 unspecified atom stereocenters. The van der Waals surface area contributed by atoms with Crippen LogP contribution < -0.4 is 15.4 Å². The summed E-state index contributed by atoms with van der Waals surface area (Å²) in [6.45, 7) is 3.88. The van der Waals surface area contributed by atoms with Gasteiger partial charge in [0.1, 0.15) is 5.75 Å². The molecule has 1 aromatic carbocycles. The SMILES string of the molecule is CCC(C)(CCO)NC(=O)Nc1ccc(OC)c(Cl)c1. The number of hydrogen-bond acceptors (Lipinski definition) is 3. The van der Waals surface area contributed by atoms with Gasteiger partial charge in [0.05, 0.1) is 12.1 Å². The van der Waals surface area contributed by atoms with E-state index in [-0.39, 0.29) is 12.6 Å². The molecule has 1 atom stereocenters. The van der Waals surface area contributed by atoms with Crippen LogP contribution in [0.25, 0.3) is 0 Å². The summed E-state index contributed by atoms with van der Waals surface area (Å²) in [7, 11) is 1.53. The molecule has 0 saturated heterocycles. The predicted octanol–water partition coefficient (Wildman–Crippen LogP) is 3.02. The van der Waals surface area contributed by atoms with Gasteiger partial charge in [-0.1, -0.05) is 18.5 Å². The molecule has 0 spiro atoms. The molecular formula is C14H21ClN2O3. The van der Waals surface area contributed by atoms with Crippen molar-refractivity contribution in [3.63, 3.8) is 0 Å². The van der Waals surface area contributed by atoms with Gasteiger partial charge >= 0.3 is 6.03 Å². The zero-order valence-corrected chi connectivity index (χ0v) is 12.8. The van der Waals surface area contributed by atoms with Crippen molar-refractivity contribution in [3.05, 3.63) is 23.2 Å². The van der Waals surface area contributed by atoms with E-state index in [2.05, 4.69) is 10.6 Å². The molecule has 0 heterocycles. The molecule has 2 amide bonds. The number of benzene rings is 1. The summed E-state index contributed by atoms with van der Waals surface area (Å²) in [5, 5.41) is 15.0. The molecule has 0 aliphatic heterocycles. The van der Waals surface area contributed by atoms with Gasteiger partial charge in [-0.3, -0.25) is 0 Å². The van der Waals surface area contributed by atoms with E-state index < -0.39 is 5.54 Å². The fraction of sp³-hybridized carbons (Fsp3) is 0.500. The van der Waals surface area contributed by atoms with Crippen LogP contribution in [0, 0.1) is 0 Å². The summed E-state index contributed by atoms with van der Waals surface area (Å²) in [6, 6.07) is 4.68. The van der Waals surface area contributed by atoms with Gasteiger partial charge in [0.15, 0.2) is 0 Å². The van der Waals surface area contributed by atoms with Gasteiger partial charge < -0.3 is 20.5 Å². The van der Waals surface area contributed by atoms with E-state index in [1.54, 1.807) is 18.2 Å². The molecule has 112 valence electrons. The normalized spacial score (nSPS) is 13.4. The monoisotopic (exact) mass is 300 g/mol. The largest absolute Gasteiger partial charge is 0.495 e. The lowest BCUT2D eigenvalue weighted by molar-refractivity contribution is 0.208. The van der Waals surface area contributed by atoms with Crippen LogP contribution >= 0.6 is 11.6 Å². The standard InChI is InChI=1S/C14H21ClN2O3/c1-4-14(2,7-8-18)17-13(19)16-10-5-6-12(20-3)11(15)9-10/h5-6,9,18H,4,7-8H2,1-3H3,(H2,16,17,19). The number of amides is 2. The average Bonchev–Trinajstić information content (AvgIpc) is 2.39. The first-order chi connectivity index (χ1) is 9.44. The maximum atomic E-state index is 11.9. The van der Waals surface area contributed by atoms with Crippen molar-refractivity contribution in [2.45, 2.75) is 32.2 Å². The van der Waals surface area contributed by atoms with E-state index in [0.717, 1.165) is 6.42 Å². The molecule has 0 aliphatic carbocycles. The second-order valence-electron chi connectivity index (χ2n) is 4.82. The fourth-order valence-electron chi connectivity index (χ4n) is 1.75. The number of hydrogen-bond donors (Lipinski definition) is 3. The Morgan fingerprint density at radius 2 is 2.20 bits per heavy atom. The van der Waals surface area contributed by atoms with E-state index in [0.29, 0.717) is 22.9 Å². The Hall–Kier alpha value is -1.46. The first kappa shape index (κ1) is 16.6. The van der Waals surface area contributed by atoms with Crippen LogP contribution in [0.3, 0.4) is 0 Å². The molecule has 0 saturated carbocycles. The number of urea groups is 1. The Morgan fingerprint density at radius 1 is 1.50 bits per heavy atom. The number of nitrogens with one attached hydrogen (secondary N) is 2. The summed E-state index contributed by atoms with van der Waals surface area (Å²) < 4.78 is 5.05. The second-order valence-corrected chi connectivity index (χ2v) is 5.22. The van der Waals surface area contributed by atoms with Crippen molar-refractivity contribution in [2.75, 3.05) is 19.0 Å². The van der Waals surface area contributed by atoms with Crippen LogP contribution in [-0.4, -0.2) is 30.4 Å². The molecule has 3 N–H and O–H groups in total. The molecule has 0 fully saturated rings. The van der Waals surface area contributed by atoms with Gasteiger partial charge in [-0.25, -0.2) is 4.79 Å². The lowest BCUT2D eigenvalue weighted by Gasteiger charge is -2.29. The van der Waals surface area contributed by atoms with Crippen molar-refractivity contribution < 1.29 is 14.6 Å². The predicted molar refractivity (Wildman–Crippen MR) is 80.6 cm³/mol. The summed E-state index contributed by atoms with van der Waals surface area (Å²) >= 11 is 5.99. The number of methoxy groups -OCH3 is 1.